The standard InChI is InChI=1S/C16H21NO9/c1-9-12(21-2)13(22-3)14(23-4)15(24-9)26-16(18)25-11-7-5-10(6-8-11)17(19)20/h5-9,12-15H,1-4H3/t9-,12-,13+,14+,15-/m0/s1. The van der Waals surface area contributed by atoms with Gasteiger partial charge in [0.1, 0.15) is 24.1 Å². The lowest BCUT2D eigenvalue weighted by molar-refractivity contribution is -0.384. The summed E-state index contributed by atoms with van der Waals surface area (Å²) < 4.78 is 32.0. The third-order valence-electron chi connectivity index (χ3n) is 4.00. The van der Waals surface area contributed by atoms with Crippen LogP contribution in [0.25, 0.3) is 0 Å². The molecule has 144 valence electrons. The molecular weight excluding hydrogens is 350 g/mol. The number of carbonyl (C=O) groups excluding carboxylic acids is 1. The zero-order valence-electron chi connectivity index (χ0n) is 14.8. The van der Waals surface area contributed by atoms with Crippen LogP contribution >= 0.6 is 0 Å². The van der Waals surface area contributed by atoms with Crippen LogP contribution in [-0.2, 0) is 23.7 Å². The van der Waals surface area contributed by atoms with E-state index in [-0.39, 0.29) is 11.4 Å². The Morgan fingerprint density at radius 2 is 1.62 bits per heavy atom. The summed E-state index contributed by atoms with van der Waals surface area (Å²) in [6, 6.07) is 5.00. The van der Waals surface area contributed by atoms with Gasteiger partial charge >= 0.3 is 6.16 Å². The molecule has 0 saturated carbocycles. The number of non-ortho nitro benzene ring substituents is 1. The first-order chi connectivity index (χ1) is 12.4. The van der Waals surface area contributed by atoms with E-state index in [2.05, 4.69) is 0 Å². The molecule has 0 N–H and O–H groups in total. The van der Waals surface area contributed by atoms with Crippen molar-refractivity contribution in [2.75, 3.05) is 21.3 Å². The van der Waals surface area contributed by atoms with Crippen molar-refractivity contribution in [1.29, 1.82) is 0 Å². The number of benzene rings is 1. The Balaban J connectivity index is 2.03. The van der Waals surface area contributed by atoms with E-state index in [0.717, 1.165) is 0 Å². The molecule has 1 saturated heterocycles. The molecule has 1 aliphatic rings. The molecule has 0 spiro atoms. The lowest BCUT2D eigenvalue weighted by atomic mass is 9.99. The maximum Gasteiger partial charge on any atom is 0.516 e. The predicted octanol–water partition coefficient (Wildman–Crippen LogP) is 1.90. The predicted molar refractivity (Wildman–Crippen MR) is 86.9 cm³/mol. The number of hydrogen-bond donors (Lipinski definition) is 0. The number of carbonyl (C=O) groups is 1. The van der Waals surface area contributed by atoms with Gasteiger partial charge in [0.25, 0.3) is 5.69 Å². The van der Waals surface area contributed by atoms with Gasteiger partial charge in [-0.05, 0) is 19.1 Å². The van der Waals surface area contributed by atoms with Crippen molar-refractivity contribution in [2.45, 2.75) is 37.6 Å². The number of ether oxygens (including phenoxy) is 6. The van der Waals surface area contributed by atoms with E-state index >= 15 is 0 Å². The molecule has 2 rings (SSSR count). The highest BCUT2D eigenvalue weighted by molar-refractivity contribution is 5.64. The second-order valence-electron chi connectivity index (χ2n) is 5.53. The van der Waals surface area contributed by atoms with Crippen molar-refractivity contribution in [3.05, 3.63) is 34.4 Å². The van der Waals surface area contributed by atoms with Crippen LogP contribution in [0.15, 0.2) is 24.3 Å². The highest BCUT2D eigenvalue weighted by Gasteiger charge is 2.47. The molecule has 0 unspecified atom stereocenters. The molecule has 1 fully saturated rings. The topological polar surface area (TPSA) is 116 Å². The van der Waals surface area contributed by atoms with E-state index in [0.29, 0.717) is 0 Å². The minimum absolute atomic E-state index is 0.0940. The second kappa shape index (κ2) is 8.90. The zero-order chi connectivity index (χ0) is 19.3. The van der Waals surface area contributed by atoms with Gasteiger partial charge in [-0.2, -0.15) is 0 Å². The summed E-state index contributed by atoms with van der Waals surface area (Å²) in [6.07, 6.45) is -4.19. The first-order valence-corrected chi connectivity index (χ1v) is 7.78. The van der Waals surface area contributed by atoms with Crippen molar-refractivity contribution < 1.29 is 38.1 Å². The van der Waals surface area contributed by atoms with Gasteiger partial charge in [-0.3, -0.25) is 10.1 Å². The number of nitro benzene ring substituents is 1. The van der Waals surface area contributed by atoms with Crippen LogP contribution < -0.4 is 4.74 Å². The Labute approximate surface area is 150 Å². The molecule has 26 heavy (non-hydrogen) atoms. The van der Waals surface area contributed by atoms with E-state index in [1.165, 1.54) is 45.6 Å². The molecule has 0 amide bonds. The van der Waals surface area contributed by atoms with Gasteiger partial charge in [-0.1, -0.05) is 0 Å². The van der Waals surface area contributed by atoms with E-state index in [9.17, 15) is 14.9 Å². The molecule has 0 aromatic heterocycles. The second-order valence-corrected chi connectivity index (χ2v) is 5.53. The maximum absolute atomic E-state index is 12.0. The molecular formula is C16H21NO9. The van der Waals surface area contributed by atoms with Crippen LogP contribution in [0.3, 0.4) is 0 Å². The first-order valence-electron chi connectivity index (χ1n) is 7.78. The van der Waals surface area contributed by atoms with E-state index in [1.807, 2.05) is 0 Å². The number of methoxy groups -OCH3 is 3. The quantitative estimate of drug-likeness (QED) is 0.320. The lowest BCUT2D eigenvalue weighted by Gasteiger charge is -2.42. The summed E-state index contributed by atoms with van der Waals surface area (Å²) >= 11 is 0. The SMILES string of the molecule is CO[C@@H]1[C@@H](OC)[C@H](C)O[C@@H](OC(=O)Oc2ccc([N+](=O)[O-])cc2)[C@@H]1OC. The molecule has 10 heteroatoms. The van der Waals surface area contributed by atoms with Crippen molar-refractivity contribution >= 4 is 11.8 Å². The first kappa shape index (κ1) is 20.0. The van der Waals surface area contributed by atoms with Crippen LogP contribution in [0.1, 0.15) is 6.92 Å². The van der Waals surface area contributed by atoms with Crippen LogP contribution in [0, 0.1) is 10.1 Å². The fraction of sp³-hybridized carbons (Fsp3) is 0.562. The monoisotopic (exact) mass is 371 g/mol. The average Bonchev–Trinajstić information content (AvgIpc) is 2.61. The largest absolute Gasteiger partial charge is 0.516 e. The highest BCUT2D eigenvalue weighted by Crippen LogP contribution is 2.28. The summed E-state index contributed by atoms with van der Waals surface area (Å²) in [5, 5.41) is 10.6. The lowest BCUT2D eigenvalue weighted by Crippen LogP contribution is -2.59. The van der Waals surface area contributed by atoms with Crippen molar-refractivity contribution in [2.24, 2.45) is 0 Å². The van der Waals surface area contributed by atoms with Crippen molar-refractivity contribution in [3.63, 3.8) is 0 Å². The summed E-state index contributed by atoms with van der Waals surface area (Å²) in [5.41, 5.74) is -0.122. The minimum Gasteiger partial charge on any atom is -0.401 e. The number of nitro groups is 1. The smallest absolute Gasteiger partial charge is 0.401 e. The molecule has 0 aliphatic carbocycles. The molecule has 1 aromatic rings. The van der Waals surface area contributed by atoms with Gasteiger partial charge < -0.3 is 28.4 Å². The number of nitrogens with zero attached hydrogens (tertiary/aromatic N) is 1. The van der Waals surface area contributed by atoms with Gasteiger partial charge in [0.15, 0.2) is 0 Å². The molecule has 0 radical (unpaired) electrons. The highest BCUT2D eigenvalue weighted by atomic mass is 16.8. The number of rotatable bonds is 6. The van der Waals surface area contributed by atoms with Gasteiger partial charge in [0.2, 0.25) is 6.29 Å². The molecule has 1 aromatic carbocycles. The average molecular weight is 371 g/mol. The van der Waals surface area contributed by atoms with Crippen LogP contribution in [0.2, 0.25) is 0 Å². The van der Waals surface area contributed by atoms with E-state index in [1.54, 1.807) is 6.92 Å². The Morgan fingerprint density at radius 1 is 1.04 bits per heavy atom. The van der Waals surface area contributed by atoms with Crippen LogP contribution in [0.4, 0.5) is 10.5 Å². The van der Waals surface area contributed by atoms with E-state index < -0.39 is 41.8 Å². The van der Waals surface area contributed by atoms with Gasteiger partial charge in [0, 0.05) is 33.5 Å². The van der Waals surface area contributed by atoms with Gasteiger partial charge in [-0.15, -0.1) is 0 Å². The van der Waals surface area contributed by atoms with Crippen LogP contribution in [0.5, 0.6) is 5.75 Å². The Bertz CT molecular complexity index is 621. The summed E-state index contributed by atoms with van der Waals surface area (Å²) in [4.78, 5) is 22.1. The van der Waals surface area contributed by atoms with E-state index in [4.69, 9.17) is 28.4 Å². The Hall–Kier alpha value is -2.27. The fourth-order valence-corrected chi connectivity index (χ4v) is 2.76. The molecule has 0 bridgehead atoms. The summed E-state index contributed by atoms with van der Waals surface area (Å²) in [6.45, 7) is 1.75. The van der Waals surface area contributed by atoms with Crippen molar-refractivity contribution in [1.82, 2.24) is 0 Å². The zero-order valence-corrected chi connectivity index (χ0v) is 14.8. The maximum atomic E-state index is 12.0. The van der Waals surface area contributed by atoms with Gasteiger partial charge in [-0.25, -0.2) is 4.79 Å². The summed E-state index contributed by atoms with van der Waals surface area (Å²) in [5.74, 6) is 0.0940. The number of hydrogen-bond acceptors (Lipinski definition) is 9. The molecule has 1 heterocycles. The van der Waals surface area contributed by atoms with Gasteiger partial charge in [0.05, 0.1) is 11.0 Å². The Morgan fingerprint density at radius 3 is 2.12 bits per heavy atom. The third-order valence-corrected chi connectivity index (χ3v) is 4.00. The van der Waals surface area contributed by atoms with Crippen LogP contribution in [-0.4, -0.2) is 63.1 Å². The normalized spacial score (nSPS) is 28.4. The molecule has 5 atom stereocenters. The third kappa shape index (κ3) is 4.47. The fourth-order valence-electron chi connectivity index (χ4n) is 2.76. The van der Waals surface area contributed by atoms with Crippen molar-refractivity contribution in [3.8, 4) is 5.75 Å². The minimum atomic E-state index is -1.07. The molecule has 10 nitrogen and oxygen atoms in total. The summed E-state index contributed by atoms with van der Waals surface area (Å²) in [7, 11) is 4.45. The Kier molecular flexibility index (Phi) is 6.86. The molecule has 1 aliphatic heterocycles.